The Bertz CT molecular complexity index is 833. The Kier molecular flexibility index (Phi) is 5.84. The molecule has 1 atom stereocenters. The number of thiophene rings is 1. The van der Waals surface area contributed by atoms with E-state index in [1.165, 1.54) is 28.9 Å². The zero-order valence-corrected chi connectivity index (χ0v) is 16.2. The number of rotatable bonds is 5. The molecule has 1 amide bonds. The van der Waals surface area contributed by atoms with Crippen LogP contribution in [0.5, 0.6) is 5.75 Å². The van der Waals surface area contributed by atoms with E-state index in [9.17, 15) is 9.59 Å². The summed E-state index contributed by atoms with van der Waals surface area (Å²) >= 11 is 7.40. The lowest BCUT2D eigenvalue weighted by Crippen LogP contribution is -2.21. The van der Waals surface area contributed by atoms with Crippen LogP contribution in [0.1, 0.15) is 33.5 Å². The molecule has 0 radical (unpaired) electrons. The summed E-state index contributed by atoms with van der Waals surface area (Å²) in [4.78, 5) is 26.1. The highest BCUT2D eigenvalue weighted by atomic mass is 35.5. The van der Waals surface area contributed by atoms with Gasteiger partial charge in [-0.2, -0.15) is 0 Å². The highest BCUT2D eigenvalue weighted by molar-refractivity contribution is 7.14. The number of benzene rings is 1. The molecule has 7 heteroatoms. The Balaban J connectivity index is 1.58. The minimum Gasteiger partial charge on any atom is -0.495 e. The molecule has 0 saturated heterocycles. The van der Waals surface area contributed by atoms with Gasteiger partial charge in [-0.3, -0.25) is 4.79 Å². The van der Waals surface area contributed by atoms with Gasteiger partial charge in [-0.15, -0.1) is 11.3 Å². The summed E-state index contributed by atoms with van der Waals surface area (Å²) in [5.41, 5.74) is 1.66. The highest BCUT2D eigenvalue weighted by Crippen LogP contribution is 2.32. The third-order valence-corrected chi connectivity index (χ3v) is 5.75. The number of carbonyl (C=O) groups is 2. The van der Waals surface area contributed by atoms with Crippen LogP contribution in [0.4, 0.5) is 5.69 Å². The van der Waals surface area contributed by atoms with Gasteiger partial charge in [0.1, 0.15) is 10.6 Å². The van der Waals surface area contributed by atoms with E-state index in [4.69, 9.17) is 21.1 Å². The van der Waals surface area contributed by atoms with E-state index in [1.54, 1.807) is 18.2 Å². The van der Waals surface area contributed by atoms with Gasteiger partial charge in [-0.25, -0.2) is 4.79 Å². The predicted octanol–water partition coefficient (Wildman–Crippen LogP) is 4.33. The minimum atomic E-state index is -0.467. The Hall–Kier alpha value is -2.05. The first-order valence-corrected chi connectivity index (χ1v) is 9.58. The molecule has 0 spiro atoms. The van der Waals surface area contributed by atoms with E-state index in [0.717, 1.165) is 19.3 Å². The molecule has 1 unspecified atom stereocenters. The standard InChI is InChI=1S/C19H20ClNO4S/c1-11-3-6-16-12(7-11)8-17(26-16)19(23)25-10-18(22)21-14-9-13(20)4-5-15(14)24-2/h4-5,8-9,11H,3,6-7,10H2,1-2H3,(H,21,22). The molecule has 0 aliphatic heterocycles. The van der Waals surface area contributed by atoms with E-state index in [2.05, 4.69) is 12.2 Å². The van der Waals surface area contributed by atoms with Crippen molar-refractivity contribution < 1.29 is 19.1 Å². The molecule has 26 heavy (non-hydrogen) atoms. The molecule has 1 aliphatic carbocycles. The summed E-state index contributed by atoms with van der Waals surface area (Å²) in [5.74, 6) is 0.202. The van der Waals surface area contributed by atoms with E-state index in [0.29, 0.717) is 27.3 Å². The summed E-state index contributed by atoms with van der Waals surface area (Å²) in [6, 6.07) is 6.79. The van der Waals surface area contributed by atoms with Crippen molar-refractivity contribution in [2.45, 2.75) is 26.2 Å². The average Bonchev–Trinajstić information content (AvgIpc) is 3.03. The summed E-state index contributed by atoms with van der Waals surface area (Å²) in [6.07, 6.45) is 3.14. The fourth-order valence-electron chi connectivity index (χ4n) is 2.97. The molecular weight excluding hydrogens is 374 g/mol. The minimum absolute atomic E-state index is 0.368. The number of fused-ring (bicyclic) bond motifs is 1. The first-order chi connectivity index (χ1) is 12.5. The largest absolute Gasteiger partial charge is 0.495 e. The molecule has 1 aromatic heterocycles. The van der Waals surface area contributed by atoms with Crippen LogP contribution in [0.2, 0.25) is 5.02 Å². The van der Waals surface area contributed by atoms with Crippen molar-refractivity contribution in [3.05, 3.63) is 44.6 Å². The molecule has 0 fully saturated rings. The molecule has 0 saturated carbocycles. The van der Waals surface area contributed by atoms with Gasteiger partial charge in [0.15, 0.2) is 6.61 Å². The number of methoxy groups -OCH3 is 1. The molecular formula is C19H20ClNO4S. The monoisotopic (exact) mass is 393 g/mol. The van der Waals surface area contributed by atoms with Gasteiger partial charge in [0.05, 0.1) is 12.8 Å². The van der Waals surface area contributed by atoms with E-state index < -0.39 is 11.9 Å². The van der Waals surface area contributed by atoms with Crippen molar-refractivity contribution in [2.24, 2.45) is 5.92 Å². The molecule has 1 aromatic carbocycles. The van der Waals surface area contributed by atoms with Crippen LogP contribution in [0.3, 0.4) is 0 Å². The number of halogens is 1. The number of anilines is 1. The van der Waals surface area contributed by atoms with Crippen molar-refractivity contribution in [3.8, 4) is 5.75 Å². The Morgan fingerprint density at radius 2 is 2.15 bits per heavy atom. The lowest BCUT2D eigenvalue weighted by atomic mass is 9.90. The normalized spacial score (nSPS) is 15.9. The first-order valence-electron chi connectivity index (χ1n) is 8.38. The second kappa shape index (κ2) is 8.10. The summed E-state index contributed by atoms with van der Waals surface area (Å²) in [6.45, 7) is 1.85. The highest BCUT2D eigenvalue weighted by Gasteiger charge is 2.22. The zero-order valence-electron chi connectivity index (χ0n) is 14.6. The van der Waals surface area contributed by atoms with Crippen molar-refractivity contribution in [2.75, 3.05) is 19.0 Å². The van der Waals surface area contributed by atoms with Crippen LogP contribution in [0.25, 0.3) is 0 Å². The third-order valence-electron chi connectivity index (χ3n) is 4.30. The van der Waals surface area contributed by atoms with Crippen LogP contribution >= 0.6 is 22.9 Å². The molecule has 0 bridgehead atoms. The first kappa shape index (κ1) is 18.7. The second-order valence-corrected chi connectivity index (χ2v) is 7.95. The van der Waals surface area contributed by atoms with Crippen LogP contribution in [-0.4, -0.2) is 25.6 Å². The average molecular weight is 394 g/mol. The Morgan fingerprint density at radius 3 is 2.92 bits per heavy atom. The van der Waals surface area contributed by atoms with Gasteiger partial charge in [-0.1, -0.05) is 18.5 Å². The number of amides is 1. The number of hydrogen-bond donors (Lipinski definition) is 1. The molecule has 138 valence electrons. The molecule has 1 N–H and O–H groups in total. The van der Waals surface area contributed by atoms with Crippen LogP contribution in [0.15, 0.2) is 24.3 Å². The maximum absolute atomic E-state index is 12.2. The fourth-order valence-corrected chi connectivity index (χ4v) is 4.25. The van der Waals surface area contributed by atoms with Crippen molar-refractivity contribution in [3.63, 3.8) is 0 Å². The number of hydrogen-bond acceptors (Lipinski definition) is 5. The number of aryl methyl sites for hydroxylation is 1. The van der Waals surface area contributed by atoms with Gasteiger partial charge in [0.25, 0.3) is 5.91 Å². The van der Waals surface area contributed by atoms with Crippen LogP contribution < -0.4 is 10.1 Å². The van der Waals surface area contributed by atoms with E-state index >= 15 is 0 Å². The van der Waals surface area contributed by atoms with Crippen molar-refractivity contribution >= 4 is 40.5 Å². The van der Waals surface area contributed by atoms with E-state index in [-0.39, 0.29) is 6.61 Å². The van der Waals surface area contributed by atoms with Crippen LogP contribution in [0, 0.1) is 5.92 Å². The molecule has 1 aliphatic rings. The lowest BCUT2D eigenvalue weighted by molar-refractivity contribution is -0.119. The van der Waals surface area contributed by atoms with E-state index in [1.807, 2.05) is 6.07 Å². The third kappa shape index (κ3) is 4.37. The lowest BCUT2D eigenvalue weighted by Gasteiger charge is -2.16. The predicted molar refractivity (Wildman–Crippen MR) is 102 cm³/mol. The van der Waals surface area contributed by atoms with Crippen molar-refractivity contribution in [1.29, 1.82) is 0 Å². The molecule has 1 heterocycles. The number of nitrogens with one attached hydrogen (secondary N) is 1. The maximum Gasteiger partial charge on any atom is 0.348 e. The second-order valence-electron chi connectivity index (χ2n) is 6.38. The van der Waals surface area contributed by atoms with Gasteiger partial charge >= 0.3 is 5.97 Å². The van der Waals surface area contributed by atoms with Gasteiger partial charge < -0.3 is 14.8 Å². The quantitative estimate of drug-likeness (QED) is 0.768. The topological polar surface area (TPSA) is 64.6 Å². The number of ether oxygens (including phenoxy) is 2. The van der Waals surface area contributed by atoms with Gasteiger partial charge in [0, 0.05) is 9.90 Å². The SMILES string of the molecule is COc1ccc(Cl)cc1NC(=O)COC(=O)c1cc2c(s1)CCC(C)C2. The van der Waals surface area contributed by atoms with Gasteiger partial charge in [-0.05, 0) is 55.0 Å². The fraction of sp³-hybridized carbons (Fsp3) is 0.368. The summed E-state index contributed by atoms with van der Waals surface area (Å²) < 4.78 is 10.3. The van der Waals surface area contributed by atoms with Crippen LogP contribution in [-0.2, 0) is 22.4 Å². The summed E-state index contributed by atoms with van der Waals surface area (Å²) in [7, 11) is 1.50. The Labute approximate surface area is 161 Å². The molecule has 2 aromatic rings. The van der Waals surface area contributed by atoms with Crippen molar-refractivity contribution in [1.82, 2.24) is 0 Å². The van der Waals surface area contributed by atoms with Gasteiger partial charge in [0.2, 0.25) is 0 Å². The maximum atomic E-state index is 12.2. The molecule has 3 rings (SSSR count). The number of esters is 1. The molecule has 5 nitrogen and oxygen atoms in total. The summed E-state index contributed by atoms with van der Waals surface area (Å²) in [5, 5.41) is 3.11. The Morgan fingerprint density at radius 1 is 1.35 bits per heavy atom. The number of carbonyl (C=O) groups excluding carboxylic acids is 2. The smallest absolute Gasteiger partial charge is 0.348 e. The zero-order chi connectivity index (χ0) is 18.7.